The number of ether oxygens (including phenoxy) is 1. The van der Waals surface area contributed by atoms with Gasteiger partial charge < -0.3 is 20.7 Å². The van der Waals surface area contributed by atoms with Crippen LogP contribution in [0.4, 0.5) is 5.69 Å². The number of anilines is 1. The number of nitrogens with one attached hydrogen (secondary N) is 1. The van der Waals surface area contributed by atoms with E-state index in [0.717, 1.165) is 37.4 Å². The third kappa shape index (κ3) is 5.49. The van der Waals surface area contributed by atoms with Crippen molar-refractivity contribution in [3.8, 4) is 0 Å². The van der Waals surface area contributed by atoms with Gasteiger partial charge in [-0.2, -0.15) is 0 Å². The molecule has 0 aliphatic carbocycles. The number of nitrogens with two attached hydrogens (primary N) is 1. The van der Waals surface area contributed by atoms with E-state index < -0.39 is 0 Å². The van der Waals surface area contributed by atoms with Gasteiger partial charge in [-0.3, -0.25) is 9.89 Å². The number of hydrogen-bond acceptors (Lipinski definition) is 4. The minimum atomic E-state index is 0.401. The van der Waals surface area contributed by atoms with Crippen molar-refractivity contribution in [3.63, 3.8) is 0 Å². The van der Waals surface area contributed by atoms with Crippen molar-refractivity contribution in [2.75, 3.05) is 52.2 Å². The molecule has 0 aromatic heterocycles. The van der Waals surface area contributed by atoms with Crippen LogP contribution in [-0.2, 0) is 11.3 Å². The Morgan fingerprint density at radius 1 is 1.30 bits per heavy atom. The fraction of sp³-hybridized carbons (Fsp3) is 0.588. The maximum Gasteiger partial charge on any atom is 0.193 e. The molecule has 6 nitrogen and oxygen atoms in total. The predicted octanol–water partition coefficient (Wildman–Crippen LogP) is 1.20. The molecule has 1 unspecified atom stereocenters. The van der Waals surface area contributed by atoms with E-state index in [0.29, 0.717) is 25.2 Å². The minimum Gasteiger partial charge on any atom is -0.380 e. The number of hydrogen-bond donors (Lipinski definition) is 2. The van der Waals surface area contributed by atoms with Crippen LogP contribution >= 0.6 is 0 Å². The first-order valence-electron chi connectivity index (χ1n) is 8.16. The van der Waals surface area contributed by atoms with E-state index in [1.54, 1.807) is 7.11 Å². The zero-order valence-electron chi connectivity index (χ0n) is 14.5. The summed E-state index contributed by atoms with van der Waals surface area (Å²) in [5, 5.41) is 3.18. The third-order valence-electron chi connectivity index (χ3n) is 4.27. The Kier molecular flexibility index (Phi) is 6.83. The Bertz CT molecular complexity index is 511. The predicted molar refractivity (Wildman–Crippen MR) is 95.8 cm³/mol. The van der Waals surface area contributed by atoms with Gasteiger partial charge in [0, 0.05) is 50.6 Å². The molecule has 1 fully saturated rings. The topological polar surface area (TPSA) is 66.1 Å². The highest BCUT2D eigenvalue weighted by Crippen LogP contribution is 2.15. The number of benzene rings is 1. The SMILES string of the molecule is COCc1ccccc1NC(N)=NCC(C)N1CCN(C)CC1. The molecule has 1 aromatic rings. The number of methoxy groups -OCH3 is 1. The molecule has 0 saturated carbocycles. The Morgan fingerprint density at radius 2 is 2.00 bits per heavy atom. The molecule has 2 rings (SSSR count). The molecule has 128 valence electrons. The van der Waals surface area contributed by atoms with Crippen molar-refractivity contribution < 1.29 is 4.74 Å². The Morgan fingerprint density at radius 3 is 2.70 bits per heavy atom. The lowest BCUT2D eigenvalue weighted by atomic mass is 10.2. The fourth-order valence-electron chi connectivity index (χ4n) is 2.71. The lowest BCUT2D eigenvalue weighted by Crippen LogP contribution is -2.49. The zero-order valence-corrected chi connectivity index (χ0v) is 14.5. The molecule has 6 heteroatoms. The van der Waals surface area contributed by atoms with Gasteiger partial charge in [0.15, 0.2) is 5.96 Å². The number of likely N-dealkylation sites (N-methyl/N-ethyl adjacent to an activating group) is 1. The van der Waals surface area contributed by atoms with Crippen LogP contribution in [0.1, 0.15) is 12.5 Å². The maximum absolute atomic E-state index is 6.04. The number of nitrogens with zero attached hydrogens (tertiary/aromatic N) is 3. The van der Waals surface area contributed by atoms with Crippen LogP contribution in [0.25, 0.3) is 0 Å². The first-order valence-corrected chi connectivity index (χ1v) is 8.16. The van der Waals surface area contributed by atoms with Crippen molar-refractivity contribution in [3.05, 3.63) is 29.8 Å². The van der Waals surface area contributed by atoms with E-state index in [1.807, 2.05) is 24.3 Å². The first kappa shape index (κ1) is 17.7. The largest absolute Gasteiger partial charge is 0.380 e. The second kappa shape index (κ2) is 8.86. The smallest absolute Gasteiger partial charge is 0.193 e. The van der Waals surface area contributed by atoms with Gasteiger partial charge in [-0.25, -0.2) is 0 Å². The molecule has 0 spiro atoms. The summed E-state index contributed by atoms with van der Waals surface area (Å²) in [5.74, 6) is 0.453. The fourth-order valence-corrected chi connectivity index (χ4v) is 2.71. The molecular weight excluding hydrogens is 290 g/mol. The van der Waals surface area contributed by atoms with Crippen LogP contribution in [0.2, 0.25) is 0 Å². The quantitative estimate of drug-likeness (QED) is 0.609. The molecule has 0 bridgehead atoms. The van der Waals surface area contributed by atoms with Gasteiger partial charge >= 0.3 is 0 Å². The summed E-state index contributed by atoms with van der Waals surface area (Å²) in [4.78, 5) is 9.33. The molecule has 1 atom stereocenters. The molecule has 0 radical (unpaired) electrons. The monoisotopic (exact) mass is 319 g/mol. The molecule has 1 aliphatic rings. The van der Waals surface area contributed by atoms with Crippen molar-refractivity contribution >= 4 is 11.6 Å². The van der Waals surface area contributed by atoms with Crippen molar-refractivity contribution in [2.24, 2.45) is 10.7 Å². The van der Waals surface area contributed by atoms with E-state index in [9.17, 15) is 0 Å². The summed E-state index contributed by atoms with van der Waals surface area (Å²) < 4.78 is 5.20. The number of para-hydroxylation sites is 1. The lowest BCUT2D eigenvalue weighted by molar-refractivity contribution is 0.122. The van der Waals surface area contributed by atoms with Crippen LogP contribution in [0.15, 0.2) is 29.3 Å². The lowest BCUT2D eigenvalue weighted by Gasteiger charge is -2.35. The van der Waals surface area contributed by atoms with Gasteiger partial charge in [0.2, 0.25) is 0 Å². The summed E-state index contributed by atoms with van der Waals surface area (Å²) >= 11 is 0. The van der Waals surface area contributed by atoms with Crippen LogP contribution in [0.3, 0.4) is 0 Å². The summed E-state index contributed by atoms with van der Waals surface area (Å²) in [7, 11) is 3.85. The summed E-state index contributed by atoms with van der Waals surface area (Å²) in [6, 6.07) is 8.37. The second-order valence-electron chi connectivity index (χ2n) is 6.13. The molecule has 1 aliphatic heterocycles. The van der Waals surface area contributed by atoms with Crippen molar-refractivity contribution in [1.29, 1.82) is 0 Å². The van der Waals surface area contributed by atoms with E-state index in [2.05, 4.69) is 34.1 Å². The van der Waals surface area contributed by atoms with Gasteiger partial charge in [-0.1, -0.05) is 18.2 Å². The second-order valence-corrected chi connectivity index (χ2v) is 6.13. The van der Waals surface area contributed by atoms with Gasteiger partial charge in [-0.15, -0.1) is 0 Å². The average Bonchev–Trinajstić information content (AvgIpc) is 2.55. The van der Waals surface area contributed by atoms with E-state index in [1.165, 1.54) is 0 Å². The number of guanidine groups is 1. The van der Waals surface area contributed by atoms with E-state index >= 15 is 0 Å². The maximum atomic E-state index is 6.04. The normalized spacial score (nSPS) is 18.8. The highest BCUT2D eigenvalue weighted by atomic mass is 16.5. The molecule has 1 heterocycles. The molecule has 0 amide bonds. The van der Waals surface area contributed by atoms with Crippen LogP contribution in [0, 0.1) is 0 Å². The van der Waals surface area contributed by atoms with Gasteiger partial charge in [0.25, 0.3) is 0 Å². The zero-order chi connectivity index (χ0) is 16.7. The molecule has 3 N–H and O–H groups in total. The molecule has 23 heavy (non-hydrogen) atoms. The standard InChI is InChI=1S/C17H29N5O/c1-14(22-10-8-21(2)9-11-22)12-19-17(18)20-16-7-5-4-6-15(16)13-23-3/h4-7,14H,8-13H2,1-3H3,(H3,18,19,20). The van der Waals surface area contributed by atoms with Gasteiger partial charge in [0.05, 0.1) is 13.2 Å². The van der Waals surface area contributed by atoms with Gasteiger partial charge in [0.1, 0.15) is 0 Å². The highest BCUT2D eigenvalue weighted by Gasteiger charge is 2.18. The van der Waals surface area contributed by atoms with E-state index in [-0.39, 0.29) is 0 Å². The van der Waals surface area contributed by atoms with Crippen LogP contribution < -0.4 is 11.1 Å². The highest BCUT2D eigenvalue weighted by molar-refractivity contribution is 5.92. The number of rotatable bonds is 6. The van der Waals surface area contributed by atoms with Crippen LogP contribution in [-0.4, -0.2) is 68.7 Å². The Balaban J connectivity index is 1.87. The van der Waals surface area contributed by atoms with Crippen molar-refractivity contribution in [2.45, 2.75) is 19.6 Å². The molecule has 1 saturated heterocycles. The number of aliphatic imine (C=N–C) groups is 1. The van der Waals surface area contributed by atoms with Crippen LogP contribution in [0.5, 0.6) is 0 Å². The summed E-state index contributed by atoms with van der Waals surface area (Å²) in [6.45, 7) is 7.89. The minimum absolute atomic E-state index is 0.401. The molecule has 1 aromatic carbocycles. The Labute approximate surface area is 139 Å². The average molecular weight is 319 g/mol. The third-order valence-corrected chi connectivity index (χ3v) is 4.27. The summed E-state index contributed by atoms with van der Waals surface area (Å²) in [5.41, 5.74) is 8.06. The Hall–Kier alpha value is -1.63. The van der Waals surface area contributed by atoms with Crippen molar-refractivity contribution in [1.82, 2.24) is 9.80 Å². The van der Waals surface area contributed by atoms with E-state index in [4.69, 9.17) is 10.5 Å². The first-order chi connectivity index (χ1) is 11.1. The summed E-state index contributed by atoms with van der Waals surface area (Å²) in [6.07, 6.45) is 0. The van der Waals surface area contributed by atoms with Gasteiger partial charge in [-0.05, 0) is 20.0 Å². The molecular formula is C17H29N5O. The number of piperazine rings is 1.